The average Bonchev–Trinajstić information content (AvgIpc) is 2.34. The SMILES string of the molecule is COC1CCCCC1NCCNC(=O)N(C)C. The summed E-state index contributed by atoms with van der Waals surface area (Å²) in [6.07, 6.45) is 5.15. The predicted molar refractivity (Wildman–Crippen MR) is 68.1 cm³/mol. The van der Waals surface area contributed by atoms with Crippen molar-refractivity contribution in [3.63, 3.8) is 0 Å². The molecule has 2 atom stereocenters. The standard InChI is InChI=1S/C12H25N3O2/c1-15(2)12(16)14-9-8-13-10-6-4-5-7-11(10)17-3/h10-11,13H,4-9H2,1-3H3,(H,14,16). The highest BCUT2D eigenvalue weighted by atomic mass is 16.5. The largest absolute Gasteiger partial charge is 0.380 e. The van der Waals surface area contributed by atoms with Gasteiger partial charge in [0, 0.05) is 40.3 Å². The van der Waals surface area contributed by atoms with Gasteiger partial charge < -0.3 is 20.3 Å². The van der Waals surface area contributed by atoms with E-state index in [1.165, 1.54) is 19.3 Å². The lowest BCUT2D eigenvalue weighted by molar-refractivity contribution is 0.0422. The summed E-state index contributed by atoms with van der Waals surface area (Å²) in [4.78, 5) is 12.8. The van der Waals surface area contributed by atoms with Crippen LogP contribution >= 0.6 is 0 Å². The normalized spacial score (nSPS) is 24.4. The van der Waals surface area contributed by atoms with Crippen molar-refractivity contribution >= 4 is 6.03 Å². The molecule has 0 bridgehead atoms. The van der Waals surface area contributed by atoms with Crippen LogP contribution in [0.5, 0.6) is 0 Å². The molecule has 0 saturated heterocycles. The highest BCUT2D eigenvalue weighted by Crippen LogP contribution is 2.20. The van der Waals surface area contributed by atoms with E-state index < -0.39 is 0 Å². The zero-order valence-corrected chi connectivity index (χ0v) is 11.2. The molecule has 0 aromatic carbocycles. The summed E-state index contributed by atoms with van der Waals surface area (Å²) in [7, 11) is 5.26. The van der Waals surface area contributed by atoms with E-state index in [0.717, 1.165) is 13.0 Å². The first kappa shape index (κ1) is 14.3. The van der Waals surface area contributed by atoms with E-state index in [1.807, 2.05) is 0 Å². The summed E-state index contributed by atoms with van der Waals surface area (Å²) in [5.74, 6) is 0. The second-order valence-electron chi connectivity index (χ2n) is 4.75. The van der Waals surface area contributed by atoms with Gasteiger partial charge in [-0.1, -0.05) is 12.8 Å². The summed E-state index contributed by atoms with van der Waals surface area (Å²) < 4.78 is 5.46. The Morgan fingerprint density at radius 1 is 1.29 bits per heavy atom. The van der Waals surface area contributed by atoms with Crippen molar-refractivity contribution in [2.24, 2.45) is 0 Å². The summed E-state index contributed by atoms with van der Waals surface area (Å²) in [6.45, 7) is 1.45. The molecule has 0 aromatic rings. The fourth-order valence-electron chi connectivity index (χ4n) is 2.20. The Morgan fingerprint density at radius 2 is 2.00 bits per heavy atom. The van der Waals surface area contributed by atoms with Crippen LogP contribution in [0.1, 0.15) is 25.7 Å². The number of ether oxygens (including phenoxy) is 1. The Labute approximate surface area is 104 Å². The molecule has 0 spiro atoms. The minimum atomic E-state index is -0.0428. The van der Waals surface area contributed by atoms with Crippen molar-refractivity contribution in [3.8, 4) is 0 Å². The molecule has 0 aromatic heterocycles. The van der Waals surface area contributed by atoms with Crippen LogP contribution in [-0.2, 0) is 4.74 Å². The molecular weight excluding hydrogens is 218 g/mol. The molecule has 1 rings (SSSR count). The zero-order valence-electron chi connectivity index (χ0n) is 11.2. The van der Waals surface area contributed by atoms with E-state index in [2.05, 4.69) is 10.6 Å². The van der Waals surface area contributed by atoms with Gasteiger partial charge in [-0.05, 0) is 12.8 Å². The van der Waals surface area contributed by atoms with E-state index in [9.17, 15) is 4.79 Å². The summed E-state index contributed by atoms with van der Waals surface area (Å²) >= 11 is 0. The fourth-order valence-corrected chi connectivity index (χ4v) is 2.20. The van der Waals surface area contributed by atoms with Crippen LogP contribution in [0.3, 0.4) is 0 Å². The van der Waals surface area contributed by atoms with Gasteiger partial charge in [0.05, 0.1) is 6.10 Å². The quantitative estimate of drug-likeness (QED) is 0.702. The molecule has 1 aliphatic carbocycles. The number of nitrogens with zero attached hydrogens (tertiary/aromatic N) is 1. The molecule has 5 heteroatoms. The second kappa shape index (κ2) is 7.50. The number of hydrogen-bond acceptors (Lipinski definition) is 3. The molecule has 17 heavy (non-hydrogen) atoms. The number of urea groups is 1. The molecular formula is C12H25N3O2. The number of rotatable bonds is 5. The van der Waals surface area contributed by atoms with Crippen LogP contribution in [0.4, 0.5) is 4.79 Å². The predicted octanol–water partition coefficient (Wildman–Crippen LogP) is 0.805. The van der Waals surface area contributed by atoms with Crippen LogP contribution in [0.2, 0.25) is 0 Å². The third-order valence-electron chi connectivity index (χ3n) is 3.22. The highest BCUT2D eigenvalue weighted by molar-refractivity contribution is 5.73. The molecule has 2 unspecified atom stereocenters. The van der Waals surface area contributed by atoms with Crippen molar-refractivity contribution in [3.05, 3.63) is 0 Å². The molecule has 0 radical (unpaired) electrons. The first-order chi connectivity index (χ1) is 8.15. The van der Waals surface area contributed by atoms with Crippen LogP contribution < -0.4 is 10.6 Å². The lowest BCUT2D eigenvalue weighted by Gasteiger charge is -2.31. The Hall–Kier alpha value is -0.810. The van der Waals surface area contributed by atoms with Crippen molar-refractivity contribution in [2.75, 3.05) is 34.3 Å². The number of methoxy groups -OCH3 is 1. The molecule has 0 aliphatic heterocycles. The smallest absolute Gasteiger partial charge is 0.316 e. The van der Waals surface area contributed by atoms with E-state index in [1.54, 1.807) is 26.1 Å². The molecule has 0 heterocycles. The van der Waals surface area contributed by atoms with Crippen LogP contribution in [0.15, 0.2) is 0 Å². The third kappa shape index (κ3) is 4.91. The van der Waals surface area contributed by atoms with E-state index in [4.69, 9.17) is 4.74 Å². The van der Waals surface area contributed by atoms with Crippen LogP contribution in [0, 0.1) is 0 Å². The number of carbonyl (C=O) groups excluding carboxylic acids is 1. The van der Waals surface area contributed by atoms with Gasteiger partial charge >= 0.3 is 6.03 Å². The molecule has 100 valence electrons. The maximum absolute atomic E-state index is 11.3. The second-order valence-corrected chi connectivity index (χ2v) is 4.75. The average molecular weight is 243 g/mol. The van der Waals surface area contributed by atoms with Crippen LogP contribution in [-0.4, -0.2) is 57.4 Å². The Balaban J connectivity index is 2.14. The Kier molecular flexibility index (Phi) is 6.29. The lowest BCUT2D eigenvalue weighted by atomic mass is 9.92. The van der Waals surface area contributed by atoms with Crippen molar-refractivity contribution in [1.29, 1.82) is 0 Å². The number of amides is 2. The van der Waals surface area contributed by atoms with E-state index in [-0.39, 0.29) is 6.03 Å². The van der Waals surface area contributed by atoms with E-state index >= 15 is 0 Å². The van der Waals surface area contributed by atoms with Gasteiger partial charge in [-0.3, -0.25) is 0 Å². The molecule has 1 fully saturated rings. The van der Waals surface area contributed by atoms with Crippen molar-refractivity contribution < 1.29 is 9.53 Å². The van der Waals surface area contributed by atoms with Crippen molar-refractivity contribution in [2.45, 2.75) is 37.8 Å². The maximum atomic E-state index is 11.3. The van der Waals surface area contributed by atoms with Crippen LogP contribution in [0.25, 0.3) is 0 Å². The number of carbonyl (C=O) groups is 1. The van der Waals surface area contributed by atoms with Gasteiger partial charge in [0.15, 0.2) is 0 Å². The molecule has 1 aliphatic rings. The molecule has 2 N–H and O–H groups in total. The van der Waals surface area contributed by atoms with Gasteiger partial charge in [0.25, 0.3) is 0 Å². The fraction of sp³-hybridized carbons (Fsp3) is 0.917. The minimum absolute atomic E-state index is 0.0428. The van der Waals surface area contributed by atoms with E-state index in [0.29, 0.717) is 18.7 Å². The summed E-state index contributed by atoms with van der Waals surface area (Å²) in [6, 6.07) is 0.392. The lowest BCUT2D eigenvalue weighted by Crippen LogP contribution is -2.46. The number of hydrogen-bond donors (Lipinski definition) is 2. The maximum Gasteiger partial charge on any atom is 0.316 e. The molecule has 2 amide bonds. The minimum Gasteiger partial charge on any atom is -0.380 e. The van der Waals surface area contributed by atoms with Gasteiger partial charge in [0.1, 0.15) is 0 Å². The topological polar surface area (TPSA) is 53.6 Å². The number of nitrogens with one attached hydrogen (secondary N) is 2. The van der Waals surface area contributed by atoms with Crippen molar-refractivity contribution in [1.82, 2.24) is 15.5 Å². The monoisotopic (exact) mass is 243 g/mol. The van der Waals surface area contributed by atoms with Gasteiger partial charge in [-0.2, -0.15) is 0 Å². The Morgan fingerprint density at radius 3 is 2.65 bits per heavy atom. The van der Waals surface area contributed by atoms with Gasteiger partial charge in [-0.15, -0.1) is 0 Å². The first-order valence-electron chi connectivity index (χ1n) is 6.36. The van der Waals surface area contributed by atoms with Gasteiger partial charge in [-0.25, -0.2) is 4.79 Å². The highest BCUT2D eigenvalue weighted by Gasteiger charge is 2.23. The molecule has 5 nitrogen and oxygen atoms in total. The van der Waals surface area contributed by atoms with Gasteiger partial charge in [0.2, 0.25) is 0 Å². The Bertz CT molecular complexity index is 234. The zero-order chi connectivity index (χ0) is 12.7. The summed E-state index contributed by atoms with van der Waals surface area (Å²) in [5.41, 5.74) is 0. The third-order valence-corrected chi connectivity index (χ3v) is 3.22. The first-order valence-corrected chi connectivity index (χ1v) is 6.36. The molecule has 1 saturated carbocycles. The summed E-state index contributed by atoms with van der Waals surface area (Å²) in [5, 5.41) is 6.30.